The number of rotatable bonds is 4. The van der Waals surface area contributed by atoms with Crippen molar-refractivity contribution in [1.82, 2.24) is 0 Å². The van der Waals surface area contributed by atoms with Crippen molar-refractivity contribution >= 4 is 5.97 Å². The summed E-state index contributed by atoms with van der Waals surface area (Å²) in [6.07, 6.45) is 6.19. The Bertz CT molecular complexity index is 616. The summed E-state index contributed by atoms with van der Waals surface area (Å²) < 4.78 is 18.2. The Morgan fingerprint density at radius 1 is 1.07 bits per heavy atom. The van der Waals surface area contributed by atoms with Crippen molar-refractivity contribution in [2.24, 2.45) is 28.6 Å². The first-order chi connectivity index (χ1) is 13.8. The van der Waals surface area contributed by atoms with Crippen LogP contribution in [0.2, 0.25) is 0 Å². The van der Waals surface area contributed by atoms with Crippen LogP contribution in [0.5, 0.6) is 0 Å². The van der Waals surface area contributed by atoms with E-state index >= 15 is 0 Å². The fraction of sp³-hybridized carbons (Fsp3) is 0.957. The third-order valence-corrected chi connectivity index (χ3v) is 9.09. The smallest absolute Gasteiger partial charge is 0.302 e. The number of carbonyl (C=O) groups excluding carboxylic acids is 1. The molecule has 1 spiro atoms. The normalized spacial score (nSPS) is 46.6. The number of aliphatic hydroxyl groups is 2. The molecule has 0 amide bonds. The number of fused-ring (bicyclic) bond motifs is 2. The molecular formula is C23H38O6. The molecule has 6 nitrogen and oxygen atoms in total. The maximum Gasteiger partial charge on any atom is 0.302 e. The highest BCUT2D eigenvalue weighted by atomic mass is 16.7. The number of carbonyl (C=O) groups is 1. The Kier molecular flexibility index (Phi) is 5.77. The molecule has 0 aromatic rings. The Hall–Kier alpha value is -0.690. The van der Waals surface area contributed by atoms with Crippen LogP contribution in [-0.2, 0) is 19.0 Å². The molecule has 4 rings (SSSR count). The van der Waals surface area contributed by atoms with Gasteiger partial charge in [-0.25, -0.2) is 0 Å². The topological polar surface area (TPSA) is 85.2 Å². The van der Waals surface area contributed by atoms with Crippen LogP contribution in [0.3, 0.4) is 0 Å². The van der Waals surface area contributed by atoms with Crippen molar-refractivity contribution in [2.75, 3.05) is 19.8 Å². The lowest BCUT2D eigenvalue weighted by Gasteiger charge is -2.57. The third kappa shape index (κ3) is 3.35. The van der Waals surface area contributed by atoms with E-state index in [-0.39, 0.29) is 29.5 Å². The fourth-order valence-electron chi connectivity index (χ4n) is 7.62. The van der Waals surface area contributed by atoms with Gasteiger partial charge in [0.15, 0.2) is 5.79 Å². The number of aliphatic hydroxyl groups excluding tert-OH is 2. The Balaban J connectivity index is 1.64. The van der Waals surface area contributed by atoms with Crippen LogP contribution >= 0.6 is 0 Å². The molecule has 6 heteroatoms. The van der Waals surface area contributed by atoms with Gasteiger partial charge in [-0.2, -0.15) is 0 Å². The van der Waals surface area contributed by atoms with Crippen molar-refractivity contribution in [2.45, 2.75) is 90.1 Å². The monoisotopic (exact) mass is 410 g/mol. The largest absolute Gasteiger partial charge is 0.462 e. The molecular weight excluding hydrogens is 372 g/mol. The molecule has 1 heterocycles. The zero-order valence-corrected chi connectivity index (χ0v) is 18.2. The standard InChI is InChI=1S/C23H38O6/c1-15(25)29-20-14-16(26)4-8-21(20,2)18-5-9-22(3)19(17(18)7-11-24)6-10-23(22)27-12-13-28-23/h16-20,24,26H,4-14H2,1-3H3/t16-,17+,18?,19?,20-,21+,22-/m0/s1. The first-order valence-electron chi connectivity index (χ1n) is 11.5. The lowest BCUT2D eigenvalue weighted by molar-refractivity contribution is -0.246. The van der Waals surface area contributed by atoms with Gasteiger partial charge in [0, 0.05) is 37.2 Å². The molecule has 4 aliphatic rings. The van der Waals surface area contributed by atoms with E-state index in [4.69, 9.17) is 14.2 Å². The molecule has 0 aromatic heterocycles. The van der Waals surface area contributed by atoms with Crippen LogP contribution in [0.25, 0.3) is 0 Å². The molecule has 2 unspecified atom stereocenters. The Morgan fingerprint density at radius 3 is 2.41 bits per heavy atom. The van der Waals surface area contributed by atoms with Gasteiger partial charge in [0.1, 0.15) is 6.10 Å². The summed E-state index contributed by atoms with van der Waals surface area (Å²) in [6, 6.07) is 0. The number of hydrogen-bond acceptors (Lipinski definition) is 6. The lowest BCUT2D eigenvalue weighted by Crippen LogP contribution is -2.56. The van der Waals surface area contributed by atoms with Crippen molar-refractivity contribution in [3.05, 3.63) is 0 Å². The second-order valence-corrected chi connectivity index (χ2v) is 10.4. The molecule has 4 fully saturated rings. The van der Waals surface area contributed by atoms with E-state index in [0.717, 1.165) is 44.9 Å². The summed E-state index contributed by atoms with van der Waals surface area (Å²) in [5, 5.41) is 20.2. The van der Waals surface area contributed by atoms with E-state index in [1.807, 2.05) is 0 Å². The molecule has 3 aliphatic carbocycles. The van der Waals surface area contributed by atoms with Gasteiger partial charge in [-0.05, 0) is 56.3 Å². The van der Waals surface area contributed by atoms with Gasteiger partial charge in [0.05, 0.1) is 19.3 Å². The lowest BCUT2D eigenvalue weighted by atomic mass is 9.50. The molecule has 3 saturated carbocycles. The molecule has 29 heavy (non-hydrogen) atoms. The summed E-state index contributed by atoms with van der Waals surface area (Å²) in [6.45, 7) is 7.53. The van der Waals surface area contributed by atoms with E-state index in [2.05, 4.69) is 13.8 Å². The molecule has 1 saturated heterocycles. The minimum Gasteiger partial charge on any atom is -0.462 e. The van der Waals surface area contributed by atoms with Gasteiger partial charge in [-0.3, -0.25) is 4.79 Å². The maximum atomic E-state index is 11.8. The van der Waals surface area contributed by atoms with Crippen molar-refractivity contribution in [1.29, 1.82) is 0 Å². The van der Waals surface area contributed by atoms with Crippen LogP contribution in [0.15, 0.2) is 0 Å². The molecule has 0 bridgehead atoms. The average Bonchev–Trinajstić information content (AvgIpc) is 3.25. The fourth-order valence-corrected chi connectivity index (χ4v) is 7.62. The van der Waals surface area contributed by atoms with E-state index in [1.54, 1.807) is 0 Å². The van der Waals surface area contributed by atoms with Crippen LogP contribution in [-0.4, -0.2) is 54.0 Å². The summed E-state index contributed by atoms with van der Waals surface area (Å²) in [5.74, 6) is 0.371. The number of hydrogen-bond donors (Lipinski definition) is 2. The maximum absolute atomic E-state index is 11.8. The first-order valence-corrected chi connectivity index (χ1v) is 11.5. The third-order valence-electron chi connectivity index (χ3n) is 9.09. The van der Waals surface area contributed by atoms with Gasteiger partial charge in [-0.15, -0.1) is 0 Å². The number of esters is 1. The SMILES string of the molecule is CC(=O)O[C@H]1C[C@@H](O)CC[C@]1(C)C1CC[C@@]2(C)C(CCC23OCCO3)[C@@H]1CCO. The van der Waals surface area contributed by atoms with Crippen LogP contribution in [0.4, 0.5) is 0 Å². The highest BCUT2D eigenvalue weighted by Gasteiger charge is 2.66. The molecule has 166 valence electrons. The van der Waals surface area contributed by atoms with E-state index in [1.165, 1.54) is 6.92 Å². The van der Waals surface area contributed by atoms with Gasteiger partial charge in [0.2, 0.25) is 0 Å². The summed E-state index contributed by atoms with van der Waals surface area (Å²) in [7, 11) is 0. The highest BCUT2D eigenvalue weighted by Crippen LogP contribution is 2.66. The second-order valence-electron chi connectivity index (χ2n) is 10.4. The van der Waals surface area contributed by atoms with Crippen LogP contribution < -0.4 is 0 Å². The average molecular weight is 411 g/mol. The minimum atomic E-state index is -0.463. The quantitative estimate of drug-likeness (QED) is 0.693. The zero-order chi connectivity index (χ0) is 20.9. The first kappa shape index (κ1) is 21.5. The Labute approximate surface area is 174 Å². The van der Waals surface area contributed by atoms with Crippen LogP contribution in [0, 0.1) is 28.6 Å². The van der Waals surface area contributed by atoms with Gasteiger partial charge >= 0.3 is 5.97 Å². The van der Waals surface area contributed by atoms with Gasteiger partial charge in [0.25, 0.3) is 0 Å². The molecule has 2 N–H and O–H groups in total. The van der Waals surface area contributed by atoms with Crippen molar-refractivity contribution in [3.63, 3.8) is 0 Å². The van der Waals surface area contributed by atoms with E-state index < -0.39 is 11.9 Å². The zero-order valence-electron chi connectivity index (χ0n) is 18.2. The highest BCUT2D eigenvalue weighted by molar-refractivity contribution is 5.66. The van der Waals surface area contributed by atoms with Crippen molar-refractivity contribution in [3.8, 4) is 0 Å². The van der Waals surface area contributed by atoms with Gasteiger partial charge < -0.3 is 24.4 Å². The van der Waals surface area contributed by atoms with Gasteiger partial charge in [-0.1, -0.05) is 13.8 Å². The van der Waals surface area contributed by atoms with E-state index in [9.17, 15) is 15.0 Å². The minimum absolute atomic E-state index is 0.0404. The predicted octanol–water partition coefficient (Wildman–Crippen LogP) is 3.04. The summed E-state index contributed by atoms with van der Waals surface area (Å²) >= 11 is 0. The molecule has 0 radical (unpaired) electrons. The summed E-state index contributed by atoms with van der Waals surface area (Å²) in [5.41, 5.74) is -0.222. The summed E-state index contributed by atoms with van der Waals surface area (Å²) in [4.78, 5) is 11.8. The van der Waals surface area contributed by atoms with Crippen LogP contribution in [0.1, 0.15) is 72.1 Å². The van der Waals surface area contributed by atoms with E-state index in [0.29, 0.717) is 37.4 Å². The second kappa shape index (κ2) is 7.77. The molecule has 0 aromatic carbocycles. The Morgan fingerprint density at radius 2 is 1.76 bits per heavy atom. The van der Waals surface area contributed by atoms with Crippen molar-refractivity contribution < 1.29 is 29.2 Å². The molecule has 1 aliphatic heterocycles. The molecule has 7 atom stereocenters. The number of ether oxygens (including phenoxy) is 3. The predicted molar refractivity (Wildman–Crippen MR) is 107 cm³/mol.